The van der Waals surface area contributed by atoms with Gasteiger partial charge in [-0.2, -0.15) is 0 Å². The molecule has 5 aliphatic rings. The zero-order chi connectivity index (χ0) is 44.1. The number of imidazole rings is 2. The van der Waals surface area contributed by atoms with E-state index in [1.807, 2.05) is 22.2 Å². The summed E-state index contributed by atoms with van der Waals surface area (Å²) < 4.78 is 22.7. The minimum absolute atomic E-state index is 0.00280. The van der Waals surface area contributed by atoms with Gasteiger partial charge >= 0.3 is 6.09 Å². The van der Waals surface area contributed by atoms with Crippen molar-refractivity contribution in [1.82, 2.24) is 35.1 Å². The lowest BCUT2D eigenvalue weighted by molar-refractivity contribution is -0.137. The molecule has 15 nitrogen and oxygen atoms in total. The predicted molar refractivity (Wildman–Crippen MR) is 240 cm³/mol. The number of nitrogens with one attached hydrogen (secondary N) is 3. The number of alkyl carbamates (subject to hydrolysis) is 1. The number of benzene rings is 3. The van der Waals surface area contributed by atoms with Crippen LogP contribution < -0.4 is 15.8 Å². The zero-order valence-corrected chi connectivity index (χ0v) is 36.9. The van der Waals surface area contributed by atoms with Gasteiger partial charge < -0.3 is 49.8 Å². The monoisotopic (exact) mass is 870 g/mol. The number of rotatable bonds is 9. The summed E-state index contributed by atoms with van der Waals surface area (Å²) in [4.78, 5) is 60.5. The number of hydrogen-bond donors (Lipinski definition) is 4. The van der Waals surface area contributed by atoms with Gasteiger partial charge in [0.1, 0.15) is 29.2 Å². The van der Waals surface area contributed by atoms with Gasteiger partial charge in [0.15, 0.2) is 0 Å². The fraction of sp³-hybridized carbons (Fsp3) is 0.490. The van der Waals surface area contributed by atoms with Crippen molar-refractivity contribution in [2.75, 3.05) is 46.6 Å². The molecule has 2 aromatic heterocycles. The highest BCUT2D eigenvalue weighted by Crippen LogP contribution is 2.51. The average Bonchev–Trinajstić information content (AvgIpc) is 4.18. The molecule has 15 heteroatoms. The second kappa shape index (κ2) is 17.3. The molecule has 0 saturated carbocycles. The van der Waals surface area contributed by atoms with Crippen molar-refractivity contribution < 1.29 is 33.3 Å². The SMILES string of the molecule is COC(=O)N[C@H](C(=O)N1CCC[C@H]1c1ncc(-c2ccc3c4c(ccc3c2)Oc2cc(-c3cnc([C@@H]5CCCN5C(=O)[C@@H](N)C5CCOCC5)[nH]3)ccc2C4(C)C)[nH]1)C1CCOCC1. The number of aromatic nitrogens is 4. The molecule has 0 unspecified atom stereocenters. The molecule has 0 bridgehead atoms. The number of likely N-dealkylation sites (tertiary alicyclic amines) is 2. The largest absolute Gasteiger partial charge is 0.457 e. The highest BCUT2D eigenvalue weighted by molar-refractivity contribution is 5.93. The molecule has 7 heterocycles. The van der Waals surface area contributed by atoms with Crippen molar-refractivity contribution >= 4 is 28.7 Å². The molecule has 4 atom stereocenters. The third-order valence-electron chi connectivity index (χ3n) is 14.5. The molecular formula is C49H58N8O7. The van der Waals surface area contributed by atoms with E-state index in [2.05, 4.69) is 77.7 Å². The van der Waals surface area contributed by atoms with Crippen LogP contribution >= 0.6 is 0 Å². The smallest absolute Gasteiger partial charge is 0.407 e. The Balaban J connectivity index is 0.859. The van der Waals surface area contributed by atoms with Crippen molar-refractivity contribution in [2.45, 2.75) is 94.8 Å². The van der Waals surface area contributed by atoms with Gasteiger partial charge in [0, 0.05) is 67.2 Å². The molecule has 3 aromatic carbocycles. The van der Waals surface area contributed by atoms with Gasteiger partial charge in [0.05, 0.1) is 49.0 Å². The van der Waals surface area contributed by atoms with E-state index in [-0.39, 0.29) is 41.1 Å². The third-order valence-corrected chi connectivity index (χ3v) is 14.5. The van der Waals surface area contributed by atoms with Crippen LogP contribution in [0.15, 0.2) is 60.9 Å². The van der Waals surface area contributed by atoms with Crippen LogP contribution in [-0.2, 0) is 29.2 Å². The summed E-state index contributed by atoms with van der Waals surface area (Å²) in [6.45, 7) is 8.18. The number of amides is 3. The zero-order valence-electron chi connectivity index (χ0n) is 36.9. The molecule has 0 aliphatic carbocycles. The number of carbonyl (C=O) groups excluding carboxylic acids is 3. The van der Waals surface area contributed by atoms with Gasteiger partial charge in [0.2, 0.25) is 11.8 Å². The molecule has 336 valence electrons. The molecule has 3 amide bonds. The Bertz CT molecular complexity index is 2560. The molecule has 10 rings (SSSR count). The molecular weight excluding hydrogens is 813 g/mol. The summed E-state index contributed by atoms with van der Waals surface area (Å²) in [5, 5.41) is 5.02. The number of fused-ring (bicyclic) bond motifs is 4. The van der Waals surface area contributed by atoms with Crippen LogP contribution in [-0.4, -0.2) is 106 Å². The summed E-state index contributed by atoms with van der Waals surface area (Å²) in [6.07, 6.45) is 9.46. The first-order chi connectivity index (χ1) is 31.1. The first-order valence-electron chi connectivity index (χ1n) is 23.0. The number of aromatic amines is 2. The Morgan fingerprint density at radius 3 is 2.00 bits per heavy atom. The van der Waals surface area contributed by atoms with E-state index in [0.717, 1.165) is 106 Å². The second-order valence-corrected chi connectivity index (χ2v) is 18.6. The number of nitrogens with zero attached hydrogens (tertiary/aromatic N) is 4. The van der Waals surface area contributed by atoms with E-state index in [1.54, 1.807) is 0 Å². The van der Waals surface area contributed by atoms with Gasteiger partial charge in [-0.1, -0.05) is 44.2 Å². The van der Waals surface area contributed by atoms with E-state index < -0.39 is 18.2 Å². The number of hydrogen-bond acceptors (Lipinski definition) is 10. The number of H-pyrrole nitrogens is 2. The van der Waals surface area contributed by atoms with Crippen LogP contribution in [0.3, 0.4) is 0 Å². The quantitative estimate of drug-likeness (QED) is 0.117. The van der Waals surface area contributed by atoms with Crippen LogP contribution in [0.1, 0.15) is 100 Å². The molecule has 4 saturated heterocycles. The normalized spacial score (nSPS) is 22.1. The fourth-order valence-corrected chi connectivity index (χ4v) is 10.9. The van der Waals surface area contributed by atoms with E-state index in [0.29, 0.717) is 52.4 Å². The van der Waals surface area contributed by atoms with E-state index in [1.165, 1.54) is 7.11 Å². The summed E-state index contributed by atoms with van der Waals surface area (Å²) in [5.74, 6) is 3.12. The Morgan fingerprint density at radius 2 is 1.36 bits per heavy atom. The maximum atomic E-state index is 14.1. The van der Waals surface area contributed by atoms with Crippen LogP contribution in [0.25, 0.3) is 33.3 Å². The summed E-state index contributed by atoms with van der Waals surface area (Å²) >= 11 is 0. The lowest BCUT2D eigenvalue weighted by Gasteiger charge is -2.35. The molecule has 5 aromatic rings. The lowest BCUT2D eigenvalue weighted by Crippen LogP contribution is -2.53. The standard InChI is InChI=1S/C49H58N8O7/c1-49(2)34-12-9-32(36-27-52-44(54-36)37-6-4-18-56(37)46(58)42(50)28-14-20-62-21-15-28)25-40(34)64-39-13-10-30-24-31(8-11-33(30)41(39)49)35-26-51-45(53-35)38-7-5-19-57(38)47(59)43(55-48(60)61-3)29-16-22-63-23-17-29/h8-13,24-29,37-38,42-43H,4-7,14-23,50H2,1-3H3,(H,51,53)(H,52,54)(H,55,60)/t37-,38-,42-,43-/m0/s1. The number of carbonyl (C=O) groups is 3. The highest BCUT2D eigenvalue weighted by atomic mass is 16.5. The van der Waals surface area contributed by atoms with Crippen molar-refractivity contribution in [3.05, 3.63) is 83.7 Å². The number of ether oxygens (including phenoxy) is 4. The minimum Gasteiger partial charge on any atom is -0.457 e. The maximum Gasteiger partial charge on any atom is 0.407 e. The Hall–Kier alpha value is -5.77. The van der Waals surface area contributed by atoms with Gasteiger partial charge in [-0.3, -0.25) is 9.59 Å². The van der Waals surface area contributed by atoms with Crippen LogP contribution in [0.5, 0.6) is 11.5 Å². The predicted octanol–water partition coefficient (Wildman–Crippen LogP) is 7.28. The Kier molecular flexibility index (Phi) is 11.4. The average molecular weight is 871 g/mol. The van der Waals surface area contributed by atoms with Gasteiger partial charge in [-0.15, -0.1) is 0 Å². The van der Waals surface area contributed by atoms with Gasteiger partial charge in [-0.25, -0.2) is 14.8 Å². The lowest BCUT2D eigenvalue weighted by atomic mass is 9.73. The molecule has 0 spiro atoms. The molecule has 5 N–H and O–H groups in total. The molecule has 4 fully saturated rings. The van der Waals surface area contributed by atoms with Crippen molar-refractivity contribution in [2.24, 2.45) is 17.6 Å². The maximum absolute atomic E-state index is 14.1. The second-order valence-electron chi connectivity index (χ2n) is 18.6. The molecule has 64 heavy (non-hydrogen) atoms. The van der Waals surface area contributed by atoms with Crippen molar-refractivity contribution in [1.29, 1.82) is 0 Å². The van der Waals surface area contributed by atoms with Crippen LogP contribution in [0, 0.1) is 11.8 Å². The minimum atomic E-state index is -0.690. The summed E-state index contributed by atoms with van der Waals surface area (Å²) in [7, 11) is 1.32. The highest BCUT2D eigenvalue weighted by Gasteiger charge is 2.41. The number of nitrogens with two attached hydrogens (primary N) is 1. The van der Waals surface area contributed by atoms with E-state index in [4.69, 9.17) is 34.6 Å². The fourth-order valence-electron chi connectivity index (χ4n) is 10.9. The Morgan fingerprint density at radius 1 is 0.766 bits per heavy atom. The van der Waals surface area contributed by atoms with Crippen molar-refractivity contribution in [3.63, 3.8) is 0 Å². The van der Waals surface area contributed by atoms with E-state index >= 15 is 0 Å². The number of methoxy groups -OCH3 is 1. The molecule has 0 radical (unpaired) electrons. The summed E-state index contributed by atoms with van der Waals surface area (Å²) in [6, 6.07) is 15.4. The van der Waals surface area contributed by atoms with Crippen LogP contribution in [0.4, 0.5) is 4.79 Å². The van der Waals surface area contributed by atoms with E-state index in [9.17, 15) is 14.4 Å². The topological polar surface area (TPSA) is 190 Å². The Labute approximate surface area is 372 Å². The van der Waals surface area contributed by atoms with Gasteiger partial charge in [-0.05, 0) is 92.2 Å². The third kappa shape index (κ3) is 7.70. The van der Waals surface area contributed by atoms with Gasteiger partial charge in [0.25, 0.3) is 0 Å². The first-order valence-corrected chi connectivity index (χ1v) is 23.0. The van der Waals surface area contributed by atoms with Crippen LogP contribution in [0.2, 0.25) is 0 Å². The molecule has 5 aliphatic heterocycles. The summed E-state index contributed by atoms with van der Waals surface area (Å²) in [5.41, 5.74) is 12.1. The van der Waals surface area contributed by atoms with Crippen molar-refractivity contribution in [3.8, 4) is 34.0 Å². The first kappa shape index (κ1) is 42.2.